The van der Waals surface area contributed by atoms with E-state index in [0.717, 1.165) is 12.1 Å². The predicted octanol–water partition coefficient (Wildman–Crippen LogP) is 3.76. The van der Waals surface area contributed by atoms with E-state index in [1.54, 1.807) is 13.0 Å². The molecule has 0 saturated heterocycles. The number of ketones is 1. The van der Waals surface area contributed by atoms with Crippen LogP contribution in [0.1, 0.15) is 46.1 Å². The second kappa shape index (κ2) is 9.85. The maximum absolute atomic E-state index is 11.4. The predicted molar refractivity (Wildman–Crippen MR) is 96.4 cm³/mol. The molecule has 0 heterocycles. The van der Waals surface area contributed by atoms with Gasteiger partial charge in [-0.05, 0) is 51.7 Å². The van der Waals surface area contributed by atoms with Crippen molar-refractivity contribution in [1.29, 1.82) is 0 Å². The molecule has 24 heavy (non-hydrogen) atoms. The molecular weight excluding hydrogens is 304 g/mol. The first-order valence-corrected chi connectivity index (χ1v) is 8.44. The number of hydrogen-bond acceptors (Lipinski definition) is 4. The molecule has 1 N–H and O–H groups in total. The molecule has 5 heteroatoms. The number of allylic oxidation sites excluding steroid dienone is 2. The van der Waals surface area contributed by atoms with E-state index in [0.29, 0.717) is 12.8 Å². The molecule has 0 aromatic heterocycles. The molecule has 0 bridgehead atoms. The Kier molecular flexibility index (Phi) is 8.16. The molecule has 2 unspecified atom stereocenters. The zero-order valence-corrected chi connectivity index (χ0v) is 15.0. The van der Waals surface area contributed by atoms with Crippen LogP contribution in [0.25, 0.3) is 0 Å². The summed E-state index contributed by atoms with van der Waals surface area (Å²) in [5, 5.41) is 14.5. The van der Waals surface area contributed by atoms with Gasteiger partial charge in [0.15, 0.2) is 5.78 Å². The van der Waals surface area contributed by atoms with Crippen molar-refractivity contribution in [2.75, 3.05) is 0 Å². The van der Waals surface area contributed by atoms with Crippen molar-refractivity contribution in [3.63, 3.8) is 0 Å². The van der Waals surface area contributed by atoms with Gasteiger partial charge in [-0.1, -0.05) is 30.3 Å². The van der Waals surface area contributed by atoms with E-state index in [2.05, 4.69) is 5.32 Å². The summed E-state index contributed by atoms with van der Waals surface area (Å²) in [6, 6.07) is 9.50. The number of hydrogen-bond donors (Lipinski definition) is 1. The largest absolute Gasteiger partial charge is 0.386 e. The minimum atomic E-state index is -0.655. The molecule has 0 aliphatic rings. The Morgan fingerprint density at radius 1 is 1.25 bits per heavy atom. The Morgan fingerprint density at radius 3 is 2.38 bits per heavy atom. The minimum Gasteiger partial charge on any atom is -0.386 e. The van der Waals surface area contributed by atoms with E-state index in [-0.39, 0.29) is 22.7 Å². The van der Waals surface area contributed by atoms with Crippen molar-refractivity contribution in [3.05, 3.63) is 57.8 Å². The van der Waals surface area contributed by atoms with E-state index in [4.69, 9.17) is 0 Å². The lowest BCUT2D eigenvalue weighted by Gasteiger charge is -2.22. The Labute approximate surface area is 144 Å². The van der Waals surface area contributed by atoms with E-state index >= 15 is 0 Å². The van der Waals surface area contributed by atoms with Gasteiger partial charge in [-0.15, -0.1) is 0 Å². The third-order valence-corrected chi connectivity index (χ3v) is 4.00. The third-order valence-electron chi connectivity index (χ3n) is 4.00. The van der Waals surface area contributed by atoms with Gasteiger partial charge in [-0.25, -0.2) is 0 Å². The topological polar surface area (TPSA) is 72.2 Å². The SMILES string of the molecule is CC(=O)/C=C(/CC(CCc1ccccc1)C(C)[N+](=O)[O-])NC(C)C. The average molecular weight is 332 g/mol. The molecule has 0 radical (unpaired) electrons. The van der Waals surface area contributed by atoms with Crippen LogP contribution in [0.5, 0.6) is 0 Å². The van der Waals surface area contributed by atoms with Crippen LogP contribution in [0.2, 0.25) is 0 Å². The number of rotatable bonds is 10. The molecule has 1 aromatic carbocycles. The maximum Gasteiger partial charge on any atom is 0.213 e. The van der Waals surface area contributed by atoms with Gasteiger partial charge in [-0.2, -0.15) is 0 Å². The summed E-state index contributed by atoms with van der Waals surface area (Å²) in [5.74, 6) is -0.175. The van der Waals surface area contributed by atoms with Crippen LogP contribution in [-0.4, -0.2) is 22.8 Å². The Balaban J connectivity index is 2.87. The zero-order chi connectivity index (χ0) is 18.1. The Hall–Kier alpha value is -2.17. The molecule has 1 rings (SSSR count). The lowest BCUT2D eigenvalue weighted by molar-refractivity contribution is -0.527. The van der Waals surface area contributed by atoms with Crippen LogP contribution >= 0.6 is 0 Å². The van der Waals surface area contributed by atoms with Crippen molar-refractivity contribution >= 4 is 5.78 Å². The summed E-state index contributed by atoms with van der Waals surface area (Å²) >= 11 is 0. The fraction of sp³-hybridized carbons (Fsp3) is 0.526. The lowest BCUT2D eigenvalue weighted by atomic mass is 9.89. The first kappa shape index (κ1) is 19.9. The smallest absolute Gasteiger partial charge is 0.213 e. The summed E-state index contributed by atoms with van der Waals surface area (Å²) in [6.07, 6.45) is 3.56. The van der Waals surface area contributed by atoms with Gasteiger partial charge >= 0.3 is 0 Å². The monoisotopic (exact) mass is 332 g/mol. The van der Waals surface area contributed by atoms with E-state index in [1.165, 1.54) is 12.5 Å². The highest BCUT2D eigenvalue weighted by molar-refractivity contribution is 5.87. The molecule has 1 aromatic rings. The van der Waals surface area contributed by atoms with Crippen LogP contribution < -0.4 is 5.32 Å². The number of nitrogens with one attached hydrogen (secondary N) is 1. The number of benzene rings is 1. The molecule has 5 nitrogen and oxygen atoms in total. The van der Waals surface area contributed by atoms with Crippen molar-refractivity contribution in [3.8, 4) is 0 Å². The van der Waals surface area contributed by atoms with Crippen LogP contribution in [0.4, 0.5) is 0 Å². The first-order chi connectivity index (χ1) is 11.3. The van der Waals surface area contributed by atoms with Crippen LogP contribution in [-0.2, 0) is 11.2 Å². The van der Waals surface area contributed by atoms with Crippen molar-refractivity contribution < 1.29 is 9.72 Å². The first-order valence-electron chi connectivity index (χ1n) is 8.44. The molecule has 0 amide bonds. The van der Waals surface area contributed by atoms with Crippen LogP contribution in [0, 0.1) is 16.0 Å². The van der Waals surface area contributed by atoms with E-state index in [1.807, 2.05) is 44.2 Å². The summed E-state index contributed by atoms with van der Waals surface area (Å²) in [7, 11) is 0. The maximum atomic E-state index is 11.4. The van der Waals surface area contributed by atoms with Crippen LogP contribution in [0.3, 0.4) is 0 Å². The van der Waals surface area contributed by atoms with Crippen LogP contribution in [0.15, 0.2) is 42.1 Å². The van der Waals surface area contributed by atoms with Gasteiger partial charge in [0.1, 0.15) is 0 Å². The van der Waals surface area contributed by atoms with Gasteiger partial charge in [0.05, 0.1) is 0 Å². The molecule has 0 spiro atoms. The van der Waals surface area contributed by atoms with Gasteiger partial charge in [0, 0.05) is 29.5 Å². The van der Waals surface area contributed by atoms with Gasteiger partial charge in [-0.3, -0.25) is 14.9 Å². The number of carbonyl (C=O) groups is 1. The Bertz CT molecular complexity index is 567. The van der Waals surface area contributed by atoms with Gasteiger partial charge < -0.3 is 5.32 Å². The molecule has 0 aliphatic carbocycles. The lowest BCUT2D eigenvalue weighted by Crippen LogP contribution is -2.31. The number of nitrogens with zero attached hydrogens (tertiary/aromatic N) is 1. The summed E-state index contributed by atoms with van der Waals surface area (Å²) in [4.78, 5) is 22.5. The van der Waals surface area contributed by atoms with E-state index in [9.17, 15) is 14.9 Å². The molecule has 0 fully saturated rings. The highest BCUT2D eigenvalue weighted by atomic mass is 16.6. The summed E-state index contributed by atoms with van der Waals surface area (Å²) in [6.45, 7) is 7.13. The molecule has 132 valence electrons. The number of carbonyl (C=O) groups excluding carboxylic acids is 1. The fourth-order valence-corrected chi connectivity index (χ4v) is 2.74. The quantitative estimate of drug-likeness (QED) is 0.402. The molecule has 2 atom stereocenters. The van der Waals surface area contributed by atoms with Gasteiger partial charge in [0.2, 0.25) is 6.04 Å². The van der Waals surface area contributed by atoms with E-state index < -0.39 is 6.04 Å². The standard InChI is InChI=1S/C19H28N2O3/c1-14(2)20-19(12-15(3)22)13-18(16(4)21(23)24)11-10-17-8-6-5-7-9-17/h5-9,12,14,16,18,20H,10-11,13H2,1-4H3/b19-12-. The number of aryl methyl sites for hydroxylation is 1. The highest BCUT2D eigenvalue weighted by Gasteiger charge is 2.27. The zero-order valence-electron chi connectivity index (χ0n) is 15.0. The highest BCUT2D eigenvalue weighted by Crippen LogP contribution is 2.23. The minimum absolute atomic E-state index is 0.0475. The van der Waals surface area contributed by atoms with Crippen molar-refractivity contribution in [1.82, 2.24) is 5.32 Å². The summed E-state index contributed by atoms with van der Waals surface area (Å²) < 4.78 is 0. The molecule has 0 saturated carbocycles. The second-order valence-electron chi connectivity index (χ2n) is 6.59. The average Bonchev–Trinajstić information content (AvgIpc) is 2.50. The summed E-state index contributed by atoms with van der Waals surface area (Å²) in [5.41, 5.74) is 1.95. The normalized spacial score (nSPS) is 14.3. The second-order valence-corrected chi connectivity index (χ2v) is 6.59. The fourth-order valence-electron chi connectivity index (χ4n) is 2.74. The van der Waals surface area contributed by atoms with Crippen molar-refractivity contribution in [2.45, 2.75) is 59.0 Å². The van der Waals surface area contributed by atoms with Crippen molar-refractivity contribution in [2.24, 2.45) is 5.92 Å². The van der Waals surface area contributed by atoms with Gasteiger partial charge in [0.25, 0.3) is 0 Å². The Morgan fingerprint density at radius 2 is 1.88 bits per heavy atom. The molecule has 0 aliphatic heterocycles. The number of nitro groups is 1. The molecular formula is C19H28N2O3. The third kappa shape index (κ3) is 7.40.